The minimum absolute atomic E-state index is 1.12. The van der Waals surface area contributed by atoms with E-state index in [0.29, 0.717) is 0 Å². The number of hydrogen-bond acceptors (Lipinski definition) is 1. The van der Waals surface area contributed by atoms with Crippen molar-refractivity contribution in [1.29, 1.82) is 0 Å². The van der Waals surface area contributed by atoms with Gasteiger partial charge in [-0.3, -0.25) is 0 Å². The normalized spacial score (nSPS) is 10.9. The van der Waals surface area contributed by atoms with Crippen molar-refractivity contribution in [3.63, 3.8) is 0 Å². The Kier molecular flexibility index (Phi) is 7.29. The fourth-order valence-electron chi connectivity index (χ4n) is 4.61. The zero-order valence-corrected chi connectivity index (χ0v) is 20.4. The summed E-state index contributed by atoms with van der Waals surface area (Å²) in [6.07, 6.45) is 4.58. The van der Waals surface area contributed by atoms with Gasteiger partial charge in [-0.25, -0.2) is 0 Å². The number of hydrogen-bond donors (Lipinski definition) is 0. The van der Waals surface area contributed by atoms with Gasteiger partial charge in [0.05, 0.1) is 0 Å². The van der Waals surface area contributed by atoms with E-state index in [1.54, 1.807) is 0 Å². The molecule has 0 unspecified atom stereocenters. The molecule has 0 aliphatic rings. The van der Waals surface area contributed by atoms with E-state index >= 15 is 0 Å². The zero-order chi connectivity index (χ0) is 23.2. The molecular weight excluding hydrogens is 398 g/mol. The number of anilines is 3. The van der Waals surface area contributed by atoms with Crippen LogP contribution in [0, 0.1) is 13.8 Å². The summed E-state index contributed by atoms with van der Waals surface area (Å²) in [6, 6.07) is 33.6. The second-order valence-electron chi connectivity index (χ2n) is 8.98. The molecule has 168 valence electrons. The molecule has 0 heterocycles. The van der Waals surface area contributed by atoms with Gasteiger partial charge in [0.25, 0.3) is 0 Å². The van der Waals surface area contributed by atoms with Gasteiger partial charge in [-0.15, -0.1) is 0 Å². The monoisotopic (exact) mass is 433 g/mol. The Labute approximate surface area is 199 Å². The summed E-state index contributed by atoms with van der Waals surface area (Å²) in [7, 11) is 0. The first kappa shape index (κ1) is 22.9. The van der Waals surface area contributed by atoms with E-state index in [9.17, 15) is 0 Å². The van der Waals surface area contributed by atoms with Crippen molar-refractivity contribution in [1.82, 2.24) is 0 Å². The summed E-state index contributed by atoms with van der Waals surface area (Å²) in [5.74, 6) is 0. The second kappa shape index (κ2) is 10.5. The Balaban J connectivity index is 1.77. The molecule has 0 N–H and O–H groups in total. The van der Waals surface area contributed by atoms with Crippen molar-refractivity contribution < 1.29 is 0 Å². The maximum Gasteiger partial charge on any atom is 0.0464 e. The predicted molar refractivity (Wildman–Crippen MR) is 144 cm³/mol. The molecule has 4 rings (SSSR count). The first-order chi connectivity index (χ1) is 16.1. The molecule has 0 aromatic heterocycles. The van der Waals surface area contributed by atoms with Gasteiger partial charge in [0, 0.05) is 17.1 Å². The van der Waals surface area contributed by atoms with Crippen molar-refractivity contribution >= 4 is 17.1 Å². The van der Waals surface area contributed by atoms with Gasteiger partial charge in [0.2, 0.25) is 0 Å². The Morgan fingerprint density at radius 2 is 1.00 bits per heavy atom. The third kappa shape index (κ3) is 5.20. The molecule has 4 aromatic rings. The van der Waals surface area contributed by atoms with E-state index in [0.717, 1.165) is 12.8 Å². The van der Waals surface area contributed by atoms with Crippen LogP contribution in [-0.4, -0.2) is 0 Å². The number of aryl methyl sites for hydroxylation is 4. The maximum atomic E-state index is 2.38. The lowest BCUT2D eigenvalue weighted by Crippen LogP contribution is -2.10. The minimum Gasteiger partial charge on any atom is -0.310 e. The van der Waals surface area contributed by atoms with E-state index < -0.39 is 0 Å². The van der Waals surface area contributed by atoms with Crippen LogP contribution in [0.15, 0.2) is 91.0 Å². The van der Waals surface area contributed by atoms with Crippen molar-refractivity contribution in [3.8, 4) is 11.1 Å². The summed E-state index contributed by atoms with van der Waals surface area (Å²) >= 11 is 0. The van der Waals surface area contributed by atoms with Crippen molar-refractivity contribution in [2.45, 2.75) is 53.4 Å². The van der Waals surface area contributed by atoms with Crippen LogP contribution in [0.2, 0.25) is 0 Å². The lowest BCUT2D eigenvalue weighted by Gasteiger charge is -2.27. The van der Waals surface area contributed by atoms with E-state index in [-0.39, 0.29) is 0 Å². The van der Waals surface area contributed by atoms with Crippen LogP contribution >= 0.6 is 0 Å². The van der Waals surface area contributed by atoms with Crippen LogP contribution in [0.25, 0.3) is 11.1 Å². The zero-order valence-electron chi connectivity index (χ0n) is 20.4. The van der Waals surface area contributed by atoms with Gasteiger partial charge >= 0.3 is 0 Å². The highest BCUT2D eigenvalue weighted by molar-refractivity contribution is 5.80. The molecule has 0 amide bonds. The van der Waals surface area contributed by atoms with Gasteiger partial charge in [0.1, 0.15) is 0 Å². The van der Waals surface area contributed by atoms with Gasteiger partial charge in [-0.1, -0.05) is 81.3 Å². The lowest BCUT2D eigenvalue weighted by atomic mass is 9.96. The summed E-state index contributed by atoms with van der Waals surface area (Å²) in [5, 5.41) is 0. The van der Waals surface area contributed by atoms with Gasteiger partial charge < -0.3 is 4.90 Å². The highest BCUT2D eigenvalue weighted by Gasteiger charge is 2.15. The van der Waals surface area contributed by atoms with Crippen LogP contribution < -0.4 is 4.90 Å². The predicted octanol–water partition coefficient (Wildman–Crippen LogP) is 9.35. The Bertz CT molecular complexity index is 1140. The average Bonchev–Trinajstić information content (AvgIpc) is 2.83. The van der Waals surface area contributed by atoms with E-state index in [1.807, 2.05) is 0 Å². The quantitative estimate of drug-likeness (QED) is 0.267. The average molecular weight is 434 g/mol. The molecule has 0 aliphatic heterocycles. The van der Waals surface area contributed by atoms with Crippen LogP contribution in [0.1, 0.15) is 48.9 Å². The lowest BCUT2D eigenvalue weighted by molar-refractivity contribution is 0.921. The van der Waals surface area contributed by atoms with Gasteiger partial charge in [0.15, 0.2) is 0 Å². The smallest absolute Gasteiger partial charge is 0.0464 e. The standard InChI is InChI=1S/C32H35N/c1-5-9-26-13-17-28(18-14-26)33(29-19-15-27(10-6-2)16-20-29)30-21-22-32(25(4)23-30)31-12-8-7-11-24(31)3/h7-8,11-23H,5-6,9-10H2,1-4H3. The Hall–Kier alpha value is -3.32. The van der Waals surface area contributed by atoms with Crippen molar-refractivity contribution in [2.24, 2.45) is 0 Å². The molecular formula is C32H35N. The Morgan fingerprint density at radius 3 is 1.48 bits per heavy atom. The van der Waals surface area contributed by atoms with Gasteiger partial charge in [-0.05, 0) is 96.5 Å². The van der Waals surface area contributed by atoms with E-state index in [1.165, 1.54) is 63.3 Å². The molecule has 4 aromatic carbocycles. The minimum atomic E-state index is 1.12. The first-order valence-corrected chi connectivity index (χ1v) is 12.3. The maximum absolute atomic E-state index is 2.38. The molecule has 1 heteroatoms. The molecule has 0 saturated carbocycles. The largest absolute Gasteiger partial charge is 0.310 e. The van der Waals surface area contributed by atoms with Crippen molar-refractivity contribution in [2.75, 3.05) is 4.90 Å². The molecule has 0 spiro atoms. The van der Waals surface area contributed by atoms with Gasteiger partial charge in [-0.2, -0.15) is 0 Å². The SMILES string of the molecule is CCCc1ccc(N(c2ccc(CCC)cc2)c2ccc(-c3ccccc3C)c(C)c2)cc1. The number of nitrogens with zero attached hydrogens (tertiary/aromatic N) is 1. The second-order valence-corrected chi connectivity index (χ2v) is 8.98. The third-order valence-corrected chi connectivity index (χ3v) is 6.37. The van der Waals surface area contributed by atoms with Crippen LogP contribution in [-0.2, 0) is 12.8 Å². The fourth-order valence-corrected chi connectivity index (χ4v) is 4.61. The molecule has 0 radical (unpaired) electrons. The van der Waals surface area contributed by atoms with E-state index in [4.69, 9.17) is 0 Å². The third-order valence-electron chi connectivity index (χ3n) is 6.37. The molecule has 0 saturated heterocycles. The Morgan fingerprint density at radius 1 is 0.515 bits per heavy atom. The molecule has 1 nitrogen and oxygen atoms in total. The first-order valence-electron chi connectivity index (χ1n) is 12.3. The van der Waals surface area contributed by atoms with Crippen LogP contribution in [0.3, 0.4) is 0 Å². The van der Waals surface area contributed by atoms with Crippen molar-refractivity contribution in [3.05, 3.63) is 113 Å². The highest BCUT2D eigenvalue weighted by atomic mass is 15.1. The number of rotatable bonds is 8. The molecule has 0 atom stereocenters. The summed E-state index contributed by atoms with van der Waals surface area (Å²) < 4.78 is 0. The summed E-state index contributed by atoms with van der Waals surface area (Å²) in [5.41, 5.74) is 11.6. The molecule has 0 fully saturated rings. The number of benzene rings is 4. The summed E-state index contributed by atoms with van der Waals surface area (Å²) in [6.45, 7) is 8.87. The summed E-state index contributed by atoms with van der Waals surface area (Å²) in [4.78, 5) is 2.38. The van der Waals surface area contributed by atoms with Crippen LogP contribution in [0.4, 0.5) is 17.1 Å². The topological polar surface area (TPSA) is 3.24 Å². The fraction of sp³-hybridized carbons (Fsp3) is 0.250. The molecule has 0 aliphatic carbocycles. The highest BCUT2D eigenvalue weighted by Crippen LogP contribution is 2.37. The van der Waals surface area contributed by atoms with Crippen LogP contribution in [0.5, 0.6) is 0 Å². The van der Waals surface area contributed by atoms with E-state index in [2.05, 4.69) is 124 Å². The molecule has 33 heavy (non-hydrogen) atoms. The molecule has 0 bridgehead atoms.